The molecule has 0 aromatic carbocycles. The summed E-state index contributed by atoms with van der Waals surface area (Å²) in [5, 5.41) is 3.26. The van der Waals surface area contributed by atoms with Gasteiger partial charge in [-0.25, -0.2) is 4.68 Å². The molecule has 1 saturated carbocycles. The van der Waals surface area contributed by atoms with E-state index in [1.165, 1.54) is 25.7 Å². The molecule has 0 unspecified atom stereocenters. The number of rotatable bonds is 2. The zero-order chi connectivity index (χ0) is 13.1. The van der Waals surface area contributed by atoms with Crippen LogP contribution in [0.4, 0.5) is 0 Å². The predicted molar refractivity (Wildman–Crippen MR) is 75.0 cm³/mol. The topological polar surface area (TPSA) is 50.7 Å². The third-order valence-electron chi connectivity index (χ3n) is 3.91. The fourth-order valence-electron chi connectivity index (χ4n) is 2.87. The summed E-state index contributed by atoms with van der Waals surface area (Å²) < 4.78 is 1.81. The molecule has 19 heavy (non-hydrogen) atoms. The van der Waals surface area contributed by atoms with Crippen molar-refractivity contribution >= 4 is 0 Å². The lowest BCUT2D eigenvalue weighted by Gasteiger charge is -2.14. The van der Waals surface area contributed by atoms with Crippen molar-refractivity contribution in [3.8, 4) is 11.3 Å². The number of nitrogens with one attached hydrogen (secondary N) is 1. The van der Waals surface area contributed by atoms with E-state index >= 15 is 0 Å². The molecule has 1 N–H and O–H groups in total. The summed E-state index contributed by atoms with van der Waals surface area (Å²) in [7, 11) is 0. The Morgan fingerprint density at radius 1 is 1.21 bits per heavy atom. The van der Waals surface area contributed by atoms with Crippen LogP contribution in [-0.4, -0.2) is 14.8 Å². The summed E-state index contributed by atoms with van der Waals surface area (Å²) in [5.41, 5.74) is 1.90. The first-order valence-corrected chi connectivity index (χ1v) is 7.06. The first-order chi connectivity index (χ1) is 9.34. The highest BCUT2D eigenvalue weighted by atomic mass is 16.1. The molecule has 0 spiro atoms. The van der Waals surface area contributed by atoms with Crippen LogP contribution in [0.2, 0.25) is 0 Å². The van der Waals surface area contributed by atoms with Crippen molar-refractivity contribution in [1.82, 2.24) is 14.8 Å². The van der Waals surface area contributed by atoms with E-state index in [0.29, 0.717) is 6.04 Å². The van der Waals surface area contributed by atoms with Crippen molar-refractivity contribution in [2.45, 2.75) is 44.6 Å². The second-order valence-corrected chi connectivity index (χ2v) is 5.27. The van der Waals surface area contributed by atoms with Gasteiger partial charge in [0.1, 0.15) is 0 Å². The minimum absolute atomic E-state index is 0.0748. The molecule has 1 aliphatic carbocycles. The number of pyridine rings is 1. The summed E-state index contributed by atoms with van der Waals surface area (Å²) in [4.78, 5) is 16.2. The lowest BCUT2D eigenvalue weighted by Crippen LogP contribution is -2.21. The summed E-state index contributed by atoms with van der Waals surface area (Å²) in [5.74, 6) is 0. The molecule has 3 rings (SSSR count). The van der Waals surface area contributed by atoms with E-state index in [2.05, 4.69) is 10.1 Å². The molecule has 2 aromatic rings. The molecule has 4 nitrogen and oxygen atoms in total. The summed E-state index contributed by atoms with van der Waals surface area (Å²) >= 11 is 0. The highest BCUT2D eigenvalue weighted by Gasteiger charge is 2.17. The van der Waals surface area contributed by atoms with E-state index in [1.54, 1.807) is 18.5 Å². The second kappa shape index (κ2) is 5.43. The van der Waals surface area contributed by atoms with Gasteiger partial charge in [0, 0.05) is 24.0 Å². The average molecular weight is 257 g/mol. The minimum atomic E-state index is 0.0748. The Hall–Kier alpha value is -1.84. The van der Waals surface area contributed by atoms with Gasteiger partial charge in [-0.05, 0) is 25.0 Å². The summed E-state index contributed by atoms with van der Waals surface area (Å²) in [6, 6.07) is 5.87. The monoisotopic (exact) mass is 257 g/mol. The minimum Gasteiger partial charge on any atom is -0.295 e. The zero-order valence-corrected chi connectivity index (χ0v) is 11.0. The van der Waals surface area contributed by atoms with Crippen LogP contribution in [0.3, 0.4) is 0 Å². The Morgan fingerprint density at radius 2 is 2.00 bits per heavy atom. The Kier molecular flexibility index (Phi) is 3.49. The van der Waals surface area contributed by atoms with Crippen LogP contribution in [0, 0.1) is 0 Å². The smallest absolute Gasteiger partial charge is 0.267 e. The van der Waals surface area contributed by atoms with Gasteiger partial charge in [0.15, 0.2) is 0 Å². The predicted octanol–water partition coefficient (Wildman–Crippen LogP) is 3.13. The largest absolute Gasteiger partial charge is 0.295 e. The second-order valence-electron chi connectivity index (χ2n) is 5.27. The van der Waals surface area contributed by atoms with Crippen LogP contribution in [0.25, 0.3) is 11.3 Å². The molecule has 0 bridgehead atoms. The first kappa shape index (κ1) is 12.2. The van der Waals surface area contributed by atoms with Gasteiger partial charge in [0.25, 0.3) is 5.56 Å². The third kappa shape index (κ3) is 2.62. The number of aromatic nitrogens is 3. The summed E-state index contributed by atoms with van der Waals surface area (Å²) in [6.45, 7) is 0. The van der Waals surface area contributed by atoms with Gasteiger partial charge >= 0.3 is 0 Å². The number of hydrogen-bond acceptors (Lipinski definition) is 2. The van der Waals surface area contributed by atoms with Crippen molar-refractivity contribution in [3.63, 3.8) is 0 Å². The normalized spacial score (nSPS) is 17.3. The van der Waals surface area contributed by atoms with E-state index in [1.807, 2.05) is 16.8 Å². The molecule has 100 valence electrons. The van der Waals surface area contributed by atoms with Crippen molar-refractivity contribution < 1.29 is 0 Å². The van der Waals surface area contributed by atoms with E-state index < -0.39 is 0 Å². The SMILES string of the molecule is O=c1cc(-c2cccnc2)[nH]n1C1CCCCCC1. The Bertz CT molecular complexity index is 577. The van der Waals surface area contributed by atoms with Gasteiger partial charge in [-0.15, -0.1) is 0 Å². The van der Waals surface area contributed by atoms with Crippen molar-refractivity contribution in [1.29, 1.82) is 0 Å². The van der Waals surface area contributed by atoms with E-state index in [4.69, 9.17) is 0 Å². The van der Waals surface area contributed by atoms with Gasteiger partial charge in [-0.3, -0.25) is 14.9 Å². The molecular weight excluding hydrogens is 238 g/mol. The molecule has 0 saturated heterocycles. The molecule has 0 amide bonds. The lowest BCUT2D eigenvalue weighted by molar-refractivity contribution is 0.397. The molecule has 2 aromatic heterocycles. The van der Waals surface area contributed by atoms with Gasteiger partial charge in [-0.1, -0.05) is 25.7 Å². The average Bonchev–Trinajstić information content (AvgIpc) is 2.66. The fraction of sp³-hybridized carbons (Fsp3) is 0.467. The van der Waals surface area contributed by atoms with Crippen LogP contribution in [0.1, 0.15) is 44.6 Å². The van der Waals surface area contributed by atoms with E-state index in [-0.39, 0.29) is 5.56 Å². The van der Waals surface area contributed by atoms with Gasteiger partial charge in [-0.2, -0.15) is 0 Å². The van der Waals surface area contributed by atoms with Crippen LogP contribution in [-0.2, 0) is 0 Å². The maximum absolute atomic E-state index is 12.1. The molecule has 1 fully saturated rings. The number of nitrogens with zero attached hydrogens (tertiary/aromatic N) is 2. The van der Waals surface area contributed by atoms with Crippen LogP contribution in [0.15, 0.2) is 35.4 Å². The number of H-pyrrole nitrogens is 1. The maximum Gasteiger partial charge on any atom is 0.267 e. The Morgan fingerprint density at radius 3 is 2.68 bits per heavy atom. The van der Waals surface area contributed by atoms with Gasteiger partial charge in [0.2, 0.25) is 0 Å². The molecule has 1 aliphatic rings. The van der Waals surface area contributed by atoms with Gasteiger partial charge < -0.3 is 0 Å². The molecule has 0 radical (unpaired) electrons. The number of hydrogen-bond donors (Lipinski definition) is 1. The highest BCUT2D eigenvalue weighted by molar-refractivity contribution is 5.56. The van der Waals surface area contributed by atoms with Crippen LogP contribution < -0.4 is 5.56 Å². The molecule has 0 atom stereocenters. The fourth-order valence-corrected chi connectivity index (χ4v) is 2.87. The van der Waals surface area contributed by atoms with Crippen molar-refractivity contribution in [2.75, 3.05) is 0 Å². The highest BCUT2D eigenvalue weighted by Crippen LogP contribution is 2.26. The molecule has 0 aliphatic heterocycles. The standard InChI is InChI=1S/C15H19N3O/c19-15-10-14(12-6-5-9-16-11-12)17-18(15)13-7-3-1-2-4-8-13/h5-6,9-11,13,17H,1-4,7-8H2. The third-order valence-corrected chi connectivity index (χ3v) is 3.91. The van der Waals surface area contributed by atoms with Gasteiger partial charge in [0.05, 0.1) is 11.7 Å². The molecular formula is C15H19N3O. The zero-order valence-electron chi connectivity index (χ0n) is 11.0. The van der Waals surface area contributed by atoms with E-state index in [0.717, 1.165) is 24.1 Å². The molecule has 4 heteroatoms. The lowest BCUT2D eigenvalue weighted by atomic mass is 10.1. The Labute approximate surface area is 112 Å². The first-order valence-electron chi connectivity index (χ1n) is 7.06. The Balaban J connectivity index is 1.91. The maximum atomic E-state index is 12.1. The number of aromatic amines is 1. The van der Waals surface area contributed by atoms with E-state index in [9.17, 15) is 4.79 Å². The van der Waals surface area contributed by atoms with Crippen LogP contribution in [0.5, 0.6) is 0 Å². The quantitative estimate of drug-likeness (QED) is 0.840. The summed E-state index contributed by atoms with van der Waals surface area (Å²) in [6.07, 6.45) is 10.8. The molecule has 2 heterocycles. The van der Waals surface area contributed by atoms with Crippen LogP contribution >= 0.6 is 0 Å². The van der Waals surface area contributed by atoms with Crippen molar-refractivity contribution in [2.24, 2.45) is 0 Å². The van der Waals surface area contributed by atoms with Crippen molar-refractivity contribution in [3.05, 3.63) is 40.9 Å².